The van der Waals surface area contributed by atoms with Crippen molar-refractivity contribution in [2.75, 3.05) is 6.61 Å². The van der Waals surface area contributed by atoms with E-state index in [1.807, 2.05) is 6.08 Å². The van der Waals surface area contributed by atoms with E-state index in [2.05, 4.69) is 129 Å². The van der Waals surface area contributed by atoms with Crippen LogP contribution in [0.4, 0.5) is 0 Å². The molecular formula is C57H95NO3. The SMILES string of the molecule is CC/C=C\C/C=C\C/C=C\C/C=C\C/C=C\C/C=C\C/C=C\CCCCCCCCCCCCCCCCCCCC(=O)NC(CO)C(O)/C=C/CC/C=C/CC/C=C/CC. The van der Waals surface area contributed by atoms with Crippen molar-refractivity contribution in [3.8, 4) is 0 Å². The summed E-state index contributed by atoms with van der Waals surface area (Å²) in [4.78, 5) is 12.4. The maximum absolute atomic E-state index is 12.4. The Morgan fingerprint density at radius 1 is 0.393 bits per heavy atom. The van der Waals surface area contributed by atoms with E-state index in [-0.39, 0.29) is 12.5 Å². The first-order valence-electron chi connectivity index (χ1n) is 25.2. The second-order valence-electron chi connectivity index (χ2n) is 16.5. The molecule has 0 heterocycles. The summed E-state index contributed by atoms with van der Waals surface area (Å²) in [5, 5.41) is 22.9. The summed E-state index contributed by atoms with van der Waals surface area (Å²) >= 11 is 0. The third-order valence-electron chi connectivity index (χ3n) is 10.7. The molecule has 0 radical (unpaired) electrons. The normalized spacial score (nSPS) is 14.0. The Morgan fingerprint density at radius 3 is 1.08 bits per heavy atom. The standard InChI is InChI=1S/C57H95NO3/c1-3-5-7-9-11-13-15-16-17-18-19-20-21-22-23-24-25-26-27-28-29-30-31-32-33-34-35-36-37-38-39-40-41-42-43-45-47-49-51-53-57(61)58-55(54-59)56(60)52-50-48-46-44-14-12-10-8-6-4-2/h5-8,11,13-14,16-17,19-20,22-23,25-26,28-29,44,50,52,55-56,59-60H,3-4,9-10,12,15,18,21,24,27,30-43,45-49,51,53-54H2,1-2H3,(H,58,61)/b7-5-,8-6+,13-11-,17-16-,20-19-,23-22-,26-25-,29-28-,44-14+,52-50+. The van der Waals surface area contributed by atoms with Gasteiger partial charge in [0.15, 0.2) is 0 Å². The van der Waals surface area contributed by atoms with E-state index in [4.69, 9.17) is 0 Å². The minimum absolute atomic E-state index is 0.0843. The number of aliphatic hydroxyl groups excluding tert-OH is 2. The second kappa shape index (κ2) is 51.1. The van der Waals surface area contributed by atoms with Crippen LogP contribution in [0.1, 0.15) is 213 Å². The van der Waals surface area contributed by atoms with Gasteiger partial charge >= 0.3 is 0 Å². The maximum atomic E-state index is 12.4. The minimum Gasteiger partial charge on any atom is -0.394 e. The van der Waals surface area contributed by atoms with Crippen molar-refractivity contribution in [3.63, 3.8) is 0 Å². The summed E-state index contributed by atoms with van der Waals surface area (Å²) in [5.41, 5.74) is 0. The Hall–Kier alpha value is -3.21. The van der Waals surface area contributed by atoms with Gasteiger partial charge in [-0.15, -0.1) is 0 Å². The number of hydrogen-bond acceptors (Lipinski definition) is 3. The Bertz CT molecular complexity index is 1230. The molecule has 0 saturated heterocycles. The number of nitrogens with one attached hydrogen (secondary N) is 1. The average molecular weight is 842 g/mol. The molecule has 3 N–H and O–H groups in total. The molecule has 0 aliphatic carbocycles. The monoisotopic (exact) mass is 842 g/mol. The molecule has 2 unspecified atom stereocenters. The first kappa shape index (κ1) is 57.8. The molecule has 0 aromatic heterocycles. The molecular weight excluding hydrogens is 747 g/mol. The predicted octanol–water partition coefficient (Wildman–Crippen LogP) is 16.5. The molecule has 0 aromatic carbocycles. The van der Waals surface area contributed by atoms with Gasteiger partial charge in [0, 0.05) is 6.42 Å². The third kappa shape index (κ3) is 47.7. The summed E-state index contributed by atoms with van der Waals surface area (Å²) in [6.45, 7) is 4.04. The van der Waals surface area contributed by atoms with Crippen LogP contribution in [-0.2, 0) is 4.79 Å². The fraction of sp³-hybridized carbons (Fsp3) is 0.632. The van der Waals surface area contributed by atoms with Crippen molar-refractivity contribution in [1.29, 1.82) is 0 Å². The highest BCUT2D eigenvalue weighted by Crippen LogP contribution is 2.15. The third-order valence-corrected chi connectivity index (χ3v) is 10.7. The first-order chi connectivity index (χ1) is 30.2. The summed E-state index contributed by atoms with van der Waals surface area (Å²) in [7, 11) is 0. The summed E-state index contributed by atoms with van der Waals surface area (Å²) in [6.07, 6.45) is 79.3. The Kier molecular flexibility index (Phi) is 48.5. The van der Waals surface area contributed by atoms with Crippen LogP contribution in [-0.4, -0.2) is 34.9 Å². The van der Waals surface area contributed by atoms with E-state index in [1.54, 1.807) is 6.08 Å². The van der Waals surface area contributed by atoms with Crippen molar-refractivity contribution in [1.82, 2.24) is 5.32 Å². The highest BCUT2D eigenvalue weighted by molar-refractivity contribution is 5.76. The number of unbranched alkanes of at least 4 members (excludes halogenated alkanes) is 19. The van der Waals surface area contributed by atoms with Crippen LogP contribution in [0.15, 0.2) is 122 Å². The van der Waals surface area contributed by atoms with E-state index in [0.717, 1.165) is 89.9 Å². The number of allylic oxidation sites excluding steroid dienone is 19. The maximum Gasteiger partial charge on any atom is 0.220 e. The van der Waals surface area contributed by atoms with Crippen molar-refractivity contribution in [2.24, 2.45) is 0 Å². The summed E-state index contributed by atoms with van der Waals surface area (Å²) < 4.78 is 0. The molecule has 4 heteroatoms. The molecule has 0 aliphatic rings. The van der Waals surface area contributed by atoms with Crippen molar-refractivity contribution in [3.05, 3.63) is 122 Å². The fourth-order valence-corrected chi connectivity index (χ4v) is 6.90. The molecule has 2 atom stereocenters. The lowest BCUT2D eigenvalue weighted by molar-refractivity contribution is -0.123. The zero-order valence-electron chi connectivity index (χ0n) is 39.6. The molecule has 0 bridgehead atoms. The zero-order chi connectivity index (χ0) is 44.2. The molecule has 0 spiro atoms. The lowest BCUT2D eigenvalue weighted by atomic mass is 10.0. The van der Waals surface area contributed by atoms with Gasteiger partial charge in [-0.3, -0.25) is 4.79 Å². The van der Waals surface area contributed by atoms with E-state index in [0.29, 0.717) is 6.42 Å². The molecule has 4 nitrogen and oxygen atoms in total. The van der Waals surface area contributed by atoms with Crippen molar-refractivity contribution in [2.45, 2.75) is 225 Å². The molecule has 0 aromatic rings. The van der Waals surface area contributed by atoms with Gasteiger partial charge in [0.25, 0.3) is 0 Å². The van der Waals surface area contributed by atoms with Crippen LogP contribution < -0.4 is 5.32 Å². The smallest absolute Gasteiger partial charge is 0.220 e. The predicted molar refractivity (Wildman–Crippen MR) is 271 cm³/mol. The van der Waals surface area contributed by atoms with E-state index in [9.17, 15) is 15.0 Å². The van der Waals surface area contributed by atoms with Gasteiger partial charge < -0.3 is 15.5 Å². The van der Waals surface area contributed by atoms with Gasteiger partial charge in [0.2, 0.25) is 5.91 Å². The van der Waals surface area contributed by atoms with Gasteiger partial charge in [0.05, 0.1) is 18.8 Å². The highest BCUT2D eigenvalue weighted by Gasteiger charge is 2.17. The Labute approximate surface area is 378 Å². The van der Waals surface area contributed by atoms with Crippen molar-refractivity contribution >= 4 is 5.91 Å². The Balaban J connectivity index is 3.51. The van der Waals surface area contributed by atoms with E-state index < -0.39 is 12.1 Å². The number of rotatable bonds is 44. The molecule has 0 aliphatic heterocycles. The van der Waals surface area contributed by atoms with E-state index in [1.165, 1.54) is 103 Å². The molecule has 0 rings (SSSR count). The number of aliphatic hydroxyl groups is 2. The van der Waals surface area contributed by atoms with Gasteiger partial charge in [-0.05, 0) is 96.3 Å². The highest BCUT2D eigenvalue weighted by atomic mass is 16.3. The summed E-state index contributed by atoms with van der Waals surface area (Å²) in [5.74, 6) is -0.0843. The van der Waals surface area contributed by atoms with Gasteiger partial charge in [-0.1, -0.05) is 232 Å². The van der Waals surface area contributed by atoms with Crippen LogP contribution >= 0.6 is 0 Å². The van der Waals surface area contributed by atoms with Crippen LogP contribution in [0.2, 0.25) is 0 Å². The van der Waals surface area contributed by atoms with Gasteiger partial charge in [0.1, 0.15) is 0 Å². The number of carbonyl (C=O) groups excluding carboxylic acids is 1. The number of carbonyl (C=O) groups is 1. The van der Waals surface area contributed by atoms with Gasteiger partial charge in [-0.2, -0.15) is 0 Å². The Morgan fingerprint density at radius 2 is 0.689 bits per heavy atom. The first-order valence-corrected chi connectivity index (χ1v) is 25.2. The largest absolute Gasteiger partial charge is 0.394 e. The summed E-state index contributed by atoms with van der Waals surface area (Å²) in [6, 6.07) is -0.649. The van der Waals surface area contributed by atoms with Crippen LogP contribution in [0.25, 0.3) is 0 Å². The van der Waals surface area contributed by atoms with Gasteiger partial charge in [-0.25, -0.2) is 0 Å². The average Bonchev–Trinajstić information content (AvgIpc) is 3.26. The molecule has 0 saturated carbocycles. The molecule has 0 fully saturated rings. The van der Waals surface area contributed by atoms with Crippen LogP contribution in [0, 0.1) is 0 Å². The lowest BCUT2D eigenvalue weighted by Crippen LogP contribution is -2.45. The second-order valence-corrected chi connectivity index (χ2v) is 16.5. The number of hydrogen-bond donors (Lipinski definition) is 3. The van der Waals surface area contributed by atoms with Crippen LogP contribution in [0.3, 0.4) is 0 Å². The fourth-order valence-electron chi connectivity index (χ4n) is 6.90. The topological polar surface area (TPSA) is 69.6 Å². The minimum atomic E-state index is -0.873. The quantitative estimate of drug-likeness (QED) is 0.0423. The molecule has 1 amide bonds. The molecule has 346 valence electrons. The lowest BCUT2D eigenvalue weighted by Gasteiger charge is -2.19. The van der Waals surface area contributed by atoms with Crippen molar-refractivity contribution < 1.29 is 15.0 Å². The molecule has 61 heavy (non-hydrogen) atoms. The van der Waals surface area contributed by atoms with Crippen LogP contribution in [0.5, 0.6) is 0 Å². The zero-order valence-corrected chi connectivity index (χ0v) is 39.6. The number of amides is 1. The van der Waals surface area contributed by atoms with E-state index >= 15 is 0 Å².